The van der Waals surface area contributed by atoms with Gasteiger partial charge in [-0.3, -0.25) is 4.79 Å². The van der Waals surface area contributed by atoms with Gasteiger partial charge in [-0.1, -0.05) is 29.8 Å². The van der Waals surface area contributed by atoms with Gasteiger partial charge in [-0.15, -0.1) is 0 Å². The molecule has 0 saturated carbocycles. The zero-order valence-electron chi connectivity index (χ0n) is 18.6. The predicted molar refractivity (Wildman–Crippen MR) is 131 cm³/mol. The van der Waals surface area contributed by atoms with Crippen molar-refractivity contribution in [3.8, 4) is 16.9 Å². The topological polar surface area (TPSA) is 57.7 Å². The molecule has 5 rings (SSSR count). The average molecular weight is 463 g/mol. The Kier molecular flexibility index (Phi) is 6.20. The van der Waals surface area contributed by atoms with E-state index < -0.39 is 0 Å². The van der Waals surface area contributed by atoms with E-state index in [-0.39, 0.29) is 12.0 Å². The summed E-state index contributed by atoms with van der Waals surface area (Å²) < 4.78 is 6.26. The molecule has 1 fully saturated rings. The van der Waals surface area contributed by atoms with Crippen LogP contribution < -0.4 is 10.1 Å². The Bertz CT molecular complexity index is 1140. The molecule has 1 atom stereocenters. The molecular formula is C26H27ClN4O2. The molecule has 3 heterocycles. The van der Waals surface area contributed by atoms with Gasteiger partial charge < -0.3 is 19.9 Å². The highest BCUT2D eigenvalue weighted by Crippen LogP contribution is 2.35. The average Bonchev–Trinajstić information content (AvgIpc) is 2.84. The van der Waals surface area contributed by atoms with Crippen LogP contribution in [0.5, 0.6) is 5.75 Å². The van der Waals surface area contributed by atoms with Crippen LogP contribution in [0.15, 0.2) is 60.8 Å². The van der Waals surface area contributed by atoms with Crippen molar-refractivity contribution in [1.29, 1.82) is 0 Å². The molecule has 1 aromatic heterocycles. The van der Waals surface area contributed by atoms with E-state index >= 15 is 0 Å². The van der Waals surface area contributed by atoms with Gasteiger partial charge in [-0.25, -0.2) is 4.98 Å². The van der Waals surface area contributed by atoms with E-state index in [1.54, 1.807) is 0 Å². The minimum absolute atomic E-state index is 0.0948. The minimum atomic E-state index is -0.106. The molecule has 1 amide bonds. The van der Waals surface area contributed by atoms with Crippen molar-refractivity contribution in [3.63, 3.8) is 0 Å². The highest BCUT2D eigenvalue weighted by Gasteiger charge is 2.24. The molecule has 3 aromatic rings. The van der Waals surface area contributed by atoms with Crippen LogP contribution in [0.1, 0.15) is 28.4 Å². The summed E-state index contributed by atoms with van der Waals surface area (Å²) in [6.45, 7) is 4.17. The number of likely N-dealkylation sites (N-methyl/N-ethyl adjacent to an activating group) is 1. The number of amides is 1. The van der Waals surface area contributed by atoms with Crippen molar-refractivity contribution >= 4 is 23.3 Å². The maximum Gasteiger partial charge on any atom is 0.253 e. The lowest BCUT2D eigenvalue weighted by molar-refractivity contribution is 0.0664. The molecule has 7 heteroatoms. The first-order valence-electron chi connectivity index (χ1n) is 11.3. The Morgan fingerprint density at radius 3 is 2.61 bits per heavy atom. The number of hydrogen-bond donors (Lipinski definition) is 1. The molecular weight excluding hydrogens is 436 g/mol. The molecule has 1 saturated heterocycles. The van der Waals surface area contributed by atoms with Gasteiger partial charge in [-0.05, 0) is 49.0 Å². The van der Waals surface area contributed by atoms with Gasteiger partial charge in [0.25, 0.3) is 5.91 Å². The van der Waals surface area contributed by atoms with Crippen molar-refractivity contribution in [2.75, 3.05) is 45.1 Å². The maximum absolute atomic E-state index is 12.8. The molecule has 170 valence electrons. The molecule has 33 heavy (non-hydrogen) atoms. The molecule has 0 aliphatic carbocycles. The second-order valence-corrected chi connectivity index (χ2v) is 9.05. The second-order valence-electron chi connectivity index (χ2n) is 8.61. The molecule has 2 aliphatic rings. The number of ether oxygens (including phenoxy) is 1. The monoisotopic (exact) mass is 462 g/mol. The van der Waals surface area contributed by atoms with Crippen LogP contribution in [0.3, 0.4) is 0 Å². The summed E-state index contributed by atoms with van der Waals surface area (Å²) in [6.07, 6.45) is 2.60. The zero-order chi connectivity index (χ0) is 22.8. The summed E-state index contributed by atoms with van der Waals surface area (Å²) in [4.78, 5) is 21.7. The fourth-order valence-electron chi connectivity index (χ4n) is 4.33. The number of fused-ring (bicyclic) bond motifs is 1. The Morgan fingerprint density at radius 2 is 1.85 bits per heavy atom. The number of piperazine rings is 1. The number of carbonyl (C=O) groups excluding carboxylic acids is 1. The number of pyridine rings is 1. The Hall–Kier alpha value is -3.09. The molecule has 0 radical (unpaired) electrons. The van der Waals surface area contributed by atoms with Crippen molar-refractivity contribution in [2.24, 2.45) is 0 Å². The zero-order valence-corrected chi connectivity index (χ0v) is 19.4. The van der Waals surface area contributed by atoms with E-state index in [9.17, 15) is 4.79 Å². The Balaban J connectivity index is 1.35. The number of aromatic nitrogens is 1. The summed E-state index contributed by atoms with van der Waals surface area (Å²) >= 11 is 6.13. The number of halogens is 1. The molecule has 6 nitrogen and oxygen atoms in total. The fourth-order valence-corrected chi connectivity index (χ4v) is 4.51. The summed E-state index contributed by atoms with van der Waals surface area (Å²) in [7, 11) is 2.09. The SMILES string of the molecule is CN1CCN(C(=O)c2ccc(-c3cnc4c(c3)C(Oc3cccc(Cl)c3)CCN4)cc2)CC1. The van der Waals surface area contributed by atoms with Crippen LogP contribution in [0.2, 0.25) is 5.02 Å². The third-order valence-electron chi connectivity index (χ3n) is 6.29. The lowest BCUT2D eigenvalue weighted by atomic mass is 9.98. The normalized spacial score (nSPS) is 18.4. The number of carbonyl (C=O) groups is 1. The van der Waals surface area contributed by atoms with E-state index in [2.05, 4.69) is 28.3 Å². The highest BCUT2D eigenvalue weighted by molar-refractivity contribution is 6.30. The first-order chi connectivity index (χ1) is 16.1. The van der Waals surface area contributed by atoms with E-state index in [4.69, 9.17) is 16.3 Å². The summed E-state index contributed by atoms with van der Waals surface area (Å²) in [5.74, 6) is 1.69. The van der Waals surface area contributed by atoms with Gasteiger partial charge in [0.15, 0.2) is 0 Å². The Labute approximate surface area is 199 Å². The number of rotatable bonds is 4. The van der Waals surface area contributed by atoms with E-state index in [0.717, 1.165) is 73.0 Å². The van der Waals surface area contributed by atoms with Crippen LogP contribution in [0.4, 0.5) is 5.82 Å². The van der Waals surface area contributed by atoms with Crippen LogP contribution in [0.25, 0.3) is 11.1 Å². The van der Waals surface area contributed by atoms with Crippen LogP contribution in [-0.2, 0) is 0 Å². The number of nitrogens with one attached hydrogen (secondary N) is 1. The third-order valence-corrected chi connectivity index (χ3v) is 6.53. The van der Waals surface area contributed by atoms with Gasteiger partial charge in [-0.2, -0.15) is 0 Å². The van der Waals surface area contributed by atoms with Crippen molar-refractivity contribution < 1.29 is 9.53 Å². The van der Waals surface area contributed by atoms with Crippen LogP contribution >= 0.6 is 11.6 Å². The molecule has 1 N–H and O–H groups in total. The van der Waals surface area contributed by atoms with Gasteiger partial charge in [0.1, 0.15) is 17.7 Å². The number of benzene rings is 2. The quantitative estimate of drug-likeness (QED) is 0.607. The van der Waals surface area contributed by atoms with Crippen molar-refractivity contribution in [1.82, 2.24) is 14.8 Å². The molecule has 2 aliphatic heterocycles. The number of hydrogen-bond acceptors (Lipinski definition) is 5. The van der Waals surface area contributed by atoms with E-state index in [1.807, 2.05) is 59.6 Å². The molecule has 0 spiro atoms. The Morgan fingerprint density at radius 1 is 1.06 bits per heavy atom. The first kappa shape index (κ1) is 21.7. The van der Waals surface area contributed by atoms with Gasteiger partial charge in [0, 0.05) is 67.1 Å². The largest absolute Gasteiger partial charge is 0.485 e. The standard InChI is InChI=1S/C26H27ClN4O2/c1-30-11-13-31(14-12-30)26(32)19-7-5-18(6-8-19)20-15-23-24(9-10-28-25(23)29-17-20)33-22-4-2-3-21(27)16-22/h2-8,15-17,24H,9-14H2,1H3,(H,28,29). The van der Waals surface area contributed by atoms with Crippen molar-refractivity contribution in [3.05, 3.63) is 76.9 Å². The number of anilines is 1. The molecule has 2 aromatic carbocycles. The van der Waals surface area contributed by atoms with Crippen LogP contribution in [0, 0.1) is 0 Å². The molecule has 0 bridgehead atoms. The van der Waals surface area contributed by atoms with Gasteiger partial charge >= 0.3 is 0 Å². The van der Waals surface area contributed by atoms with Gasteiger partial charge in [0.05, 0.1) is 0 Å². The fraction of sp³-hybridized carbons (Fsp3) is 0.308. The third kappa shape index (κ3) is 4.82. The number of nitrogens with zero attached hydrogens (tertiary/aromatic N) is 3. The van der Waals surface area contributed by atoms with E-state index in [1.165, 1.54) is 0 Å². The van der Waals surface area contributed by atoms with Crippen LogP contribution in [-0.4, -0.2) is 60.5 Å². The first-order valence-corrected chi connectivity index (χ1v) is 11.7. The van der Waals surface area contributed by atoms with Crippen molar-refractivity contribution in [2.45, 2.75) is 12.5 Å². The molecule has 1 unspecified atom stereocenters. The van der Waals surface area contributed by atoms with Gasteiger partial charge in [0.2, 0.25) is 0 Å². The lowest BCUT2D eigenvalue weighted by Crippen LogP contribution is -2.47. The smallest absolute Gasteiger partial charge is 0.253 e. The maximum atomic E-state index is 12.8. The summed E-state index contributed by atoms with van der Waals surface area (Å²) in [5, 5.41) is 4.01. The highest BCUT2D eigenvalue weighted by atomic mass is 35.5. The van der Waals surface area contributed by atoms with E-state index in [0.29, 0.717) is 5.02 Å². The minimum Gasteiger partial charge on any atom is -0.485 e. The second kappa shape index (κ2) is 9.41. The summed E-state index contributed by atoms with van der Waals surface area (Å²) in [5.41, 5.74) is 3.76. The predicted octanol–water partition coefficient (Wildman–Crippen LogP) is 4.73. The lowest BCUT2D eigenvalue weighted by Gasteiger charge is -2.32. The summed E-state index contributed by atoms with van der Waals surface area (Å²) in [6, 6.07) is 17.4.